The maximum Gasteiger partial charge on any atom is 0.320 e. The SMILES string of the molecule is O=C(O)CN1CCCCCC(N[C@@H](CCc2ccccc2)C(=O)O)C1. The second-order valence-electron chi connectivity index (χ2n) is 6.76. The van der Waals surface area contributed by atoms with E-state index in [0.29, 0.717) is 19.4 Å². The lowest BCUT2D eigenvalue weighted by Gasteiger charge is -2.31. The van der Waals surface area contributed by atoms with E-state index in [4.69, 9.17) is 5.11 Å². The first-order valence-electron chi connectivity index (χ1n) is 9.01. The minimum absolute atomic E-state index is 0.0107. The molecule has 1 aliphatic rings. The lowest BCUT2D eigenvalue weighted by Crippen LogP contribution is -2.50. The number of nitrogens with one attached hydrogen (secondary N) is 1. The Kier molecular flexibility index (Phi) is 7.88. The molecule has 1 heterocycles. The molecule has 0 saturated carbocycles. The van der Waals surface area contributed by atoms with Crippen molar-refractivity contribution < 1.29 is 19.8 Å². The molecular weight excluding hydrogens is 320 g/mol. The first kappa shape index (κ1) is 19.4. The van der Waals surface area contributed by atoms with Crippen LogP contribution in [0.25, 0.3) is 0 Å². The van der Waals surface area contributed by atoms with Gasteiger partial charge in [-0.1, -0.05) is 43.2 Å². The molecular formula is C19H28N2O4. The summed E-state index contributed by atoms with van der Waals surface area (Å²) in [4.78, 5) is 24.6. The van der Waals surface area contributed by atoms with Crippen LogP contribution < -0.4 is 5.32 Å². The molecule has 0 bridgehead atoms. The van der Waals surface area contributed by atoms with E-state index in [0.717, 1.165) is 37.8 Å². The first-order valence-corrected chi connectivity index (χ1v) is 9.01. The lowest BCUT2D eigenvalue weighted by molar-refractivity contribution is -0.141. The number of carbonyl (C=O) groups is 2. The Morgan fingerprint density at radius 1 is 1.16 bits per heavy atom. The fraction of sp³-hybridized carbons (Fsp3) is 0.579. The number of carboxylic acid groups (broad SMARTS) is 2. The Bertz CT molecular complexity index is 550. The zero-order valence-electron chi connectivity index (χ0n) is 14.6. The zero-order chi connectivity index (χ0) is 18.1. The summed E-state index contributed by atoms with van der Waals surface area (Å²) in [6.45, 7) is 1.35. The molecule has 1 unspecified atom stereocenters. The van der Waals surface area contributed by atoms with Gasteiger partial charge in [0.25, 0.3) is 0 Å². The van der Waals surface area contributed by atoms with Crippen molar-refractivity contribution in [2.75, 3.05) is 19.6 Å². The van der Waals surface area contributed by atoms with Crippen LogP contribution >= 0.6 is 0 Å². The number of nitrogens with zero attached hydrogens (tertiary/aromatic N) is 1. The van der Waals surface area contributed by atoms with Crippen molar-refractivity contribution in [3.8, 4) is 0 Å². The predicted octanol–water partition coefficient (Wildman–Crippen LogP) is 1.99. The average molecular weight is 348 g/mol. The maximum atomic E-state index is 11.6. The van der Waals surface area contributed by atoms with E-state index in [-0.39, 0.29) is 12.6 Å². The molecule has 1 aromatic rings. The molecule has 6 heteroatoms. The molecule has 2 atom stereocenters. The number of aryl methyl sites for hydroxylation is 1. The number of rotatable bonds is 8. The molecule has 1 saturated heterocycles. The van der Waals surface area contributed by atoms with E-state index in [1.807, 2.05) is 35.2 Å². The van der Waals surface area contributed by atoms with Crippen molar-refractivity contribution in [1.82, 2.24) is 10.2 Å². The van der Waals surface area contributed by atoms with Gasteiger partial charge in [-0.05, 0) is 37.8 Å². The number of aliphatic carboxylic acids is 2. The highest BCUT2D eigenvalue weighted by Crippen LogP contribution is 2.13. The highest BCUT2D eigenvalue weighted by molar-refractivity contribution is 5.73. The summed E-state index contributed by atoms with van der Waals surface area (Å²) < 4.78 is 0. The van der Waals surface area contributed by atoms with Crippen LogP contribution in [0.1, 0.15) is 37.7 Å². The molecule has 25 heavy (non-hydrogen) atoms. The average Bonchev–Trinajstić information content (AvgIpc) is 2.55. The van der Waals surface area contributed by atoms with Gasteiger partial charge < -0.3 is 15.5 Å². The van der Waals surface area contributed by atoms with Gasteiger partial charge in [0.1, 0.15) is 6.04 Å². The number of likely N-dealkylation sites (tertiary alicyclic amines) is 1. The van der Waals surface area contributed by atoms with Crippen molar-refractivity contribution in [3.63, 3.8) is 0 Å². The highest BCUT2D eigenvalue weighted by atomic mass is 16.4. The molecule has 0 aromatic heterocycles. The second kappa shape index (κ2) is 10.2. The third-order valence-electron chi connectivity index (χ3n) is 4.66. The quantitative estimate of drug-likeness (QED) is 0.666. The van der Waals surface area contributed by atoms with E-state index in [2.05, 4.69) is 5.32 Å². The Labute approximate surface area is 148 Å². The van der Waals surface area contributed by atoms with Crippen LogP contribution in [0.15, 0.2) is 30.3 Å². The van der Waals surface area contributed by atoms with Crippen LogP contribution in [0.5, 0.6) is 0 Å². The fourth-order valence-corrected chi connectivity index (χ4v) is 3.39. The van der Waals surface area contributed by atoms with Gasteiger partial charge in [-0.3, -0.25) is 14.5 Å². The summed E-state index contributed by atoms with van der Waals surface area (Å²) in [6.07, 6.45) is 5.20. The van der Waals surface area contributed by atoms with Crippen LogP contribution in [0.2, 0.25) is 0 Å². The Hall–Kier alpha value is -1.92. The molecule has 6 nitrogen and oxygen atoms in total. The number of hydrogen-bond donors (Lipinski definition) is 3. The molecule has 1 aromatic carbocycles. The Morgan fingerprint density at radius 2 is 1.92 bits per heavy atom. The van der Waals surface area contributed by atoms with Gasteiger partial charge in [0.15, 0.2) is 0 Å². The van der Waals surface area contributed by atoms with E-state index in [1.165, 1.54) is 0 Å². The molecule has 3 N–H and O–H groups in total. The van der Waals surface area contributed by atoms with Crippen LogP contribution in [-0.4, -0.2) is 58.8 Å². The number of carboxylic acids is 2. The normalized spacial score (nSPS) is 20.4. The van der Waals surface area contributed by atoms with Crippen LogP contribution in [-0.2, 0) is 16.0 Å². The Morgan fingerprint density at radius 3 is 2.60 bits per heavy atom. The van der Waals surface area contributed by atoms with Gasteiger partial charge in [-0.2, -0.15) is 0 Å². The molecule has 0 amide bonds. The van der Waals surface area contributed by atoms with Crippen molar-refractivity contribution in [1.29, 1.82) is 0 Å². The molecule has 0 radical (unpaired) electrons. The molecule has 138 valence electrons. The summed E-state index contributed by atoms with van der Waals surface area (Å²) >= 11 is 0. The summed E-state index contributed by atoms with van der Waals surface area (Å²) in [6, 6.07) is 9.26. The minimum Gasteiger partial charge on any atom is -0.480 e. The number of hydrogen-bond acceptors (Lipinski definition) is 4. The van der Waals surface area contributed by atoms with Gasteiger partial charge in [0, 0.05) is 12.6 Å². The molecule has 0 aliphatic carbocycles. The standard InChI is InChI=1S/C19H28N2O4/c22-18(23)14-21-12-6-2-5-9-16(13-21)20-17(19(24)25)11-10-15-7-3-1-4-8-15/h1,3-4,7-8,16-17,20H,2,5-6,9-14H2,(H,22,23)(H,24,25)/t16?,17-/m0/s1. The molecule has 0 spiro atoms. The highest BCUT2D eigenvalue weighted by Gasteiger charge is 2.24. The summed E-state index contributed by atoms with van der Waals surface area (Å²) in [5.41, 5.74) is 1.13. The van der Waals surface area contributed by atoms with E-state index < -0.39 is 18.0 Å². The van der Waals surface area contributed by atoms with Gasteiger partial charge >= 0.3 is 11.9 Å². The van der Waals surface area contributed by atoms with E-state index in [1.54, 1.807) is 0 Å². The van der Waals surface area contributed by atoms with Crippen LogP contribution in [0.3, 0.4) is 0 Å². The van der Waals surface area contributed by atoms with Crippen molar-refractivity contribution >= 4 is 11.9 Å². The van der Waals surface area contributed by atoms with Crippen molar-refractivity contribution in [2.45, 2.75) is 50.6 Å². The summed E-state index contributed by atoms with van der Waals surface area (Å²) in [5, 5.41) is 21.8. The number of benzene rings is 1. The zero-order valence-corrected chi connectivity index (χ0v) is 14.6. The van der Waals surface area contributed by atoms with Gasteiger partial charge in [-0.25, -0.2) is 0 Å². The van der Waals surface area contributed by atoms with Gasteiger partial charge in [0.05, 0.1) is 6.54 Å². The van der Waals surface area contributed by atoms with Crippen molar-refractivity contribution in [3.05, 3.63) is 35.9 Å². The van der Waals surface area contributed by atoms with Gasteiger partial charge in [0.2, 0.25) is 0 Å². The lowest BCUT2D eigenvalue weighted by atomic mass is 10.0. The first-order chi connectivity index (χ1) is 12.0. The largest absolute Gasteiger partial charge is 0.480 e. The third kappa shape index (κ3) is 7.23. The van der Waals surface area contributed by atoms with Crippen LogP contribution in [0.4, 0.5) is 0 Å². The summed E-state index contributed by atoms with van der Waals surface area (Å²) in [5.74, 6) is -1.68. The van der Waals surface area contributed by atoms with E-state index >= 15 is 0 Å². The predicted molar refractivity (Wildman–Crippen MR) is 95.7 cm³/mol. The molecule has 1 aliphatic heterocycles. The third-order valence-corrected chi connectivity index (χ3v) is 4.66. The smallest absolute Gasteiger partial charge is 0.320 e. The topological polar surface area (TPSA) is 89.9 Å². The Balaban J connectivity index is 1.93. The minimum atomic E-state index is -0.845. The van der Waals surface area contributed by atoms with Crippen LogP contribution in [0, 0.1) is 0 Å². The summed E-state index contributed by atoms with van der Waals surface area (Å²) in [7, 11) is 0. The van der Waals surface area contributed by atoms with E-state index in [9.17, 15) is 14.7 Å². The van der Waals surface area contributed by atoms with Crippen molar-refractivity contribution in [2.24, 2.45) is 0 Å². The maximum absolute atomic E-state index is 11.6. The monoisotopic (exact) mass is 348 g/mol. The second-order valence-corrected chi connectivity index (χ2v) is 6.76. The molecule has 2 rings (SSSR count). The van der Waals surface area contributed by atoms with Gasteiger partial charge in [-0.15, -0.1) is 0 Å². The molecule has 1 fully saturated rings. The fourth-order valence-electron chi connectivity index (χ4n) is 3.39.